The monoisotopic (exact) mass is 612 g/mol. The van der Waals surface area contributed by atoms with Crippen molar-refractivity contribution in [1.29, 1.82) is 0 Å². The fourth-order valence-electron chi connectivity index (χ4n) is 8.22. The zero-order valence-electron chi connectivity index (χ0n) is 26.0. The van der Waals surface area contributed by atoms with Gasteiger partial charge in [-0.15, -0.1) is 0 Å². The average Bonchev–Trinajstić information content (AvgIpc) is 3.87. The molecule has 11 aromatic rings. The van der Waals surface area contributed by atoms with Crippen LogP contribution in [0.3, 0.4) is 0 Å². The Hall–Kier alpha value is -6.52. The van der Waals surface area contributed by atoms with Crippen molar-refractivity contribution in [3.63, 3.8) is 0 Å². The Kier molecular flexibility index (Phi) is 5.08. The second kappa shape index (κ2) is 9.50. The lowest BCUT2D eigenvalue weighted by Gasteiger charge is -2.12. The summed E-state index contributed by atoms with van der Waals surface area (Å²) in [5, 5.41) is 6.33. The molecule has 4 nitrogen and oxygen atoms in total. The number of hydrogen-bond acceptors (Lipinski definition) is 0. The van der Waals surface area contributed by atoms with Crippen molar-refractivity contribution in [2.75, 3.05) is 0 Å². The van der Waals surface area contributed by atoms with E-state index in [4.69, 9.17) is 0 Å². The molecule has 0 fully saturated rings. The smallest absolute Gasteiger partial charge is 0.123 e. The molecule has 0 saturated carbocycles. The minimum Gasteiger partial charge on any atom is -0.309 e. The minimum absolute atomic E-state index is 1.13. The minimum atomic E-state index is 1.13. The van der Waals surface area contributed by atoms with Gasteiger partial charge in [0.1, 0.15) is 5.65 Å². The Morgan fingerprint density at radius 3 is 1.48 bits per heavy atom. The van der Waals surface area contributed by atoms with Gasteiger partial charge in [-0.1, -0.05) is 91.0 Å². The van der Waals surface area contributed by atoms with Crippen LogP contribution in [0.4, 0.5) is 0 Å². The van der Waals surface area contributed by atoms with E-state index in [1.807, 2.05) is 0 Å². The number of aromatic nitrogens is 4. The molecule has 0 aliphatic carbocycles. The number of benzene rings is 7. The van der Waals surface area contributed by atoms with E-state index < -0.39 is 0 Å². The van der Waals surface area contributed by atoms with Crippen LogP contribution in [-0.4, -0.2) is 18.1 Å². The van der Waals surface area contributed by atoms with Crippen LogP contribution in [0.2, 0.25) is 0 Å². The zero-order chi connectivity index (χ0) is 31.3. The third-order valence-electron chi connectivity index (χ3n) is 10.1. The molecule has 0 spiro atoms. The quantitative estimate of drug-likeness (QED) is 0.189. The molecule has 4 heterocycles. The maximum atomic E-state index is 2.44. The zero-order valence-corrected chi connectivity index (χ0v) is 26.0. The molecule has 0 aliphatic rings. The van der Waals surface area contributed by atoms with Crippen molar-refractivity contribution in [3.8, 4) is 17.1 Å². The first-order valence-corrected chi connectivity index (χ1v) is 16.5. The van der Waals surface area contributed by atoms with Gasteiger partial charge in [0, 0.05) is 44.0 Å². The molecule has 0 aliphatic heterocycles. The fraction of sp³-hybridized carbons (Fsp3) is 0. The Labute approximate surface area is 275 Å². The van der Waals surface area contributed by atoms with Crippen LogP contribution in [0, 0.1) is 0 Å². The number of fused-ring (bicyclic) bond motifs is 12. The highest BCUT2D eigenvalue weighted by Gasteiger charge is 2.21. The third kappa shape index (κ3) is 3.33. The third-order valence-corrected chi connectivity index (χ3v) is 10.1. The van der Waals surface area contributed by atoms with Crippen molar-refractivity contribution in [1.82, 2.24) is 18.1 Å². The van der Waals surface area contributed by atoms with Crippen molar-refractivity contribution >= 4 is 71.2 Å². The first-order valence-electron chi connectivity index (χ1n) is 16.5. The summed E-state index contributed by atoms with van der Waals surface area (Å²) in [5.41, 5.74) is 13.0. The molecule has 0 N–H and O–H groups in total. The Morgan fingerprint density at radius 1 is 0.292 bits per heavy atom. The summed E-state index contributed by atoms with van der Waals surface area (Å²) in [4.78, 5) is 0. The Bertz CT molecular complexity index is 3060. The lowest BCUT2D eigenvalue weighted by atomic mass is 10.1. The number of hydrogen-bond donors (Lipinski definition) is 0. The molecule has 4 heteroatoms. The van der Waals surface area contributed by atoms with Gasteiger partial charge in [-0.25, -0.2) is 0 Å². The first-order chi connectivity index (χ1) is 23.8. The summed E-state index contributed by atoms with van der Waals surface area (Å²) in [6, 6.07) is 61.7. The van der Waals surface area contributed by atoms with E-state index in [9.17, 15) is 0 Å². The average molecular weight is 613 g/mol. The summed E-state index contributed by atoms with van der Waals surface area (Å²) >= 11 is 0. The molecule has 11 rings (SSSR count). The maximum Gasteiger partial charge on any atom is 0.123 e. The van der Waals surface area contributed by atoms with Gasteiger partial charge in [0.25, 0.3) is 0 Å². The van der Waals surface area contributed by atoms with Gasteiger partial charge >= 0.3 is 0 Å². The lowest BCUT2D eigenvalue weighted by Crippen LogP contribution is -1.98. The maximum absolute atomic E-state index is 2.44. The number of para-hydroxylation sites is 6. The molecule has 4 aromatic heterocycles. The number of nitrogens with zero attached hydrogens (tertiary/aromatic N) is 4. The molecular weight excluding hydrogens is 585 g/mol. The highest BCUT2D eigenvalue weighted by molar-refractivity contribution is 6.28. The summed E-state index contributed by atoms with van der Waals surface area (Å²) in [5.74, 6) is 0. The van der Waals surface area contributed by atoms with E-state index in [0.717, 1.165) is 17.0 Å². The Balaban J connectivity index is 1.22. The van der Waals surface area contributed by atoms with Crippen LogP contribution in [0.25, 0.3) is 88.3 Å². The van der Waals surface area contributed by atoms with Crippen LogP contribution in [0.15, 0.2) is 170 Å². The van der Waals surface area contributed by atoms with Crippen LogP contribution >= 0.6 is 0 Å². The summed E-state index contributed by atoms with van der Waals surface area (Å²) in [6.45, 7) is 0. The summed E-state index contributed by atoms with van der Waals surface area (Å²) in [7, 11) is 0. The topological polar surface area (TPSA) is 19.2 Å². The summed E-state index contributed by atoms with van der Waals surface area (Å²) < 4.78 is 9.63. The highest BCUT2D eigenvalue weighted by Crippen LogP contribution is 2.42. The van der Waals surface area contributed by atoms with Gasteiger partial charge in [0.05, 0.1) is 38.6 Å². The molecule has 0 saturated heterocycles. The van der Waals surface area contributed by atoms with Gasteiger partial charge in [-0.2, -0.15) is 0 Å². The molecule has 0 atom stereocenters. The molecule has 0 amide bonds. The van der Waals surface area contributed by atoms with Crippen LogP contribution in [-0.2, 0) is 0 Å². The first kappa shape index (κ1) is 25.6. The largest absolute Gasteiger partial charge is 0.309 e. The SMILES string of the molecule is c1ccc(-n2c3ccccc3c3c4c5ccccc5n(-c5cccc(-n6c7ccccc7n7c8ccccc8cc67)c5)c4ccc32)cc1. The normalized spacial score (nSPS) is 12.2. The van der Waals surface area contributed by atoms with Crippen LogP contribution < -0.4 is 0 Å². The fourth-order valence-corrected chi connectivity index (χ4v) is 8.22. The lowest BCUT2D eigenvalue weighted by molar-refractivity contribution is 1.12. The second-order valence-corrected chi connectivity index (χ2v) is 12.6. The van der Waals surface area contributed by atoms with Crippen molar-refractivity contribution < 1.29 is 0 Å². The van der Waals surface area contributed by atoms with Gasteiger partial charge in [0.2, 0.25) is 0 Å². The van der Waals surface area contributed by atoms with Gasteiger partial charge in [0.15, 0.2) is 0 Å². The Morgan fingerprint density at radius 2 is 0.792 bits per heavy atom. The molecule has 224 valence electrons. The second-order valence-electron chi connectivity index (χ2n) is 12.6. The van der Waals surface area contributed by atoms with E-state index in [1.54, 1.807) is 0 Å². The molecule has 0 bridgehead atoms. The predicted octanol–water partition coefficient (Wildman–Crippen LogP) is 11.2. The number of rotatable bonds is 3. The predicted molar refractivity (Wildman–Crippen MR) is 200 cm³/mol. The van der Waals surface area contributed by atoms with Gasteiger partial charge in [-0.05, 0) is 78.9 Å². The standard InChI is InChI=1S/C44H28N4/c1-2-14-30(15-3-1)45-36-21-8-5-18-33(36)43-40(45)25-26-41-44(43)34-19-6-9-22-37(34)46(41)31-16-12-17-32(28-31)47-38-23-10-11-24-39(38)48-35-20-7-4-13-29(35)27-42(47)48/h1-28H. The van der Waals surface area contributed by atoms with E-state index >= 15 is 0 Å². The van der Waals surface area contributed by atoms with Crippen LogP contribution in [0.5, 0.6) is 0 Å². The van der Waals surface area contributed by atoms with Crippen molar-refractivity contribution in [3.05, 3.63) is 170 Å². The van der Waals surface area contributed by atoms with Crippen LogP contribution in [0.1, 0.15) is 0 Å². The molecule has 48 heavy (non-hydrogen) atoms. The molecule has 0 radical (unpaired) electrons. The molecular formula is C44H28N4. The van der Waals surface area contributed by atoms with Crippen molar-refractivity contribution in [2.45, 2.75) is 0 Å². The van der Waals surface area contributed by atoms with E-state index in [1.165, 1.54) is 71.2 Å². The number of imidazole rings is 1. The highest BCUT2D eigenvalue weighted by atomic mass is 15.1. The van der Waals surface area contributed by atoms with E-state index in [2.05, 4.69) is 188 Å². The van der Waals surface area contributed by atoms with E-state index in [-0.39, 0.29) is 0 Å². The van der Waals surface area contributed by atoms with Gasteiger partial charge < -0.3 is 9.13 Å². The summed E-state index contributed by atoms with van der Waals surface area (Å²) in [6.07, 6.45) is 0. The molecule has 0 unspecified atom stereocenters. The van der Waals surface area contributed by atoms with E-state index in [0.29, 0.717) is 0 Å². The molecule has 7 aromatic carbocycles. The van der Waals surface area contributed by atoms with Crippen molar-refractivity contribution in [2.24, 2.45) is 0 Å². The van der Waals surface area contributed by atoms with Gasteiger partial charge in [-0.3, -0.25) is 8.97 Å².